The zero-order chi connectivity index (χ0) is 26.2. The first-order valence-electron chi connectivity index (χ1n) is 13.4. The van der Waals surface area contributed by atoms with Gasteiger partial charge in [0.05, 0.1) is 5.52 Å². The molecule has 0 atom stereocenters. The van der Waals surface area contributed by atoms with Gasteiger partial charge in [0.2, 0.25) is 0 Å². The van der Waals surface area contributed by atoms with Gasteiger partial charge in [-0.15, -0.1) is 29.8 Å². The van der Waals surface area contributed by atoms with Crippen LogP contribution in [0.5, 0.6) is 0 Å². The molecular formula is C33H35IrN3O-2. The third kappa shape index (κ3) is 5.46. The van der Waals surface area contributed by atoms with Crippen molar-refractivity contribution in [3.05, 3.63) is 88.6 Å². The minimum Gasteiger partial charge on any atom is -0.685 e. The number of benzene rings is 2. The van der Waals surface area contributed by atoms with Gasteiger partial charge in [-0.1, -0.05) is 93.0 Å². The van der Waals surface area contributed by atoms with Gasteiger partial charge in [-0.05, 0) is 37.2 Å². The molecule has 1 saturated carbocycles. The van der Waals surface area contributed by atoms with Gasteiger partial charge in [-0.25, -0.2) is 0 Å². The summed E-state index contributed by atoms with van der Waals surface area (Å²) in [7, 11) is 0. The van der Waals surface area contributed by atoms with Crippen molar-refractivity contribution >= 4 is 27.5 Å². The third-order valence-corrected chi connectivity index (χ3v) is 7.75. The quantitative estimate of drug-likeness (QED) is 0.161. The summed E-state index contributed by atoms with van der Waals surface area (Å²) in [6.45, 7) is 10.2. The van der Waals surface area contributed by atoms with E-state index >= 15 is 0 Å². The van der Waals surface area contributed by atoms with Gasteiger partial charge in [0, 0.05) is 43.3 Å². The normalized spacial score (nSPS) is 16.2. The number of rotatable bonds is 3. The van der Waals surface area contributed by atoms with E-state index in [9.17, 15) is 4.79 Å². The van der Waals surface area contributed by atoms with Crippen LogP contribution in [0.25, 0.3) is 38.2 Å². The summed E-state index contributed by atoms with van der Waals surface area (Å²) in [5.41, 5.74) is 7.74. The van der Waals surface area contributed by atoms with Crippen molar-refractivity contribution in [1.29, 1.82) is 0 Å². The second kappa shape index (κ2) is 11.5. The van der Waals surface area contributed by atoms with Crippen molar-refractivity contribution in [2.24, 2.45) is 0 Å². The number of aryl methyl sites for hydroxylation is 1. The van der Waals surface area contributed by atoms with Crippen molar-refractivity contribution < 1.29 is 24.9 Å². The molecule has 2 aliphatic carbocycles. The van der Waals surface area contributed by atoms with E-state index in [4.69, 9.17) is 4.98 Å². The fourth-order valence-electron chi connectivity index (χ4n) is 5.82. The van der Waals surface area contributed by atoms with E-state index in [1.165, 1.54) is 59.6 Å². The van der Waals surface area contributed by atoms with Crippen LogP contribution in [0.4, 0.5) is 0 Å². The number of ketones is 1. The van der Waals surface area contributed by atoms with Gasteiger partial charge in [0.25, 0.3) is 0 Å². The fraction of sp³-hybridized carbons (Fsp3) is 0.364. The molecule has 38 heavy (non-hydrogen) atoms. The number of aromatic nitrogens is 2. The smallest absolute Gasteiger partial charge is 0.151 e. The van der Waals surface area contributed by atoms with Crippen LogP contribution in [0.3, 0.4) is 0 Å². The van der Waals surface area contributed by atoms with Gasteiger partial charge >= 0.3 is 0 Å². The Morgan fingerprint density at radius 1 is 1.08 bits per heavy atom. The summed E-state index contributed by atoms with van der Waals surface area (Å²) in [6, 6.07) is 16.6. The van der Waals surface area contributed by atoms with Gasteiger partial charge in [0.1, 0.15) is 0 Å². The molecule has 0 amide bonds. The molecule has 1 fully saturated rings. The van der Waals surface area contributed by atoms with Gasteiger partial charge in [0.15, 0.2) is 5.78 Å². The zero-order valence-electron chi connectivity index (χ0n) is 22.9. The first-order valence-corrected chi connectivity index (χ1v) is 13.4. The maximum absolute atomic E-state index is 10.8. The summed E-state index contributed by atoms with van der Waals surface area (Å²) >= 11 is 0. The van der Waals surface area contributed by atoms with E-state index in [-0.39, 0.29) is 31.3 Å². The number of carbonyl (C=O) groups excluding carboxylic acids is 1. The van der Waals surface area contributed by atoms with Crippen molar-refractivity contribution in [3.63, 3.8) is 0 Å². The van der Waals surface area contributed by atoms with E-state index in [2.05, 4.69) is 67.5 Å². The van der Waals surface area contributed by atoms with Crippen molar-refractivity contribution in [2.75, 3.05) is 0 Å². The number of hydrogen-bond acceptors (Lipinski definition) is 3. The SMILES string of the molecule is CC(=O)/C=C(/C)[N-]C1CCCCC1.Cc1cccc2nc3c(cc12)C(C)(C)c1cncc2cc[c-]c-3c12.[Ir]. The van der Waals surface area contributed by atoms with Crippen LogP contribution in [0.2, 0.25) is 0 Å². The van der Waals surface area contributed by atoms with Gasteiger partial charge < -0.3 is 5.32 Å². The molecule has 0 N–H and O–H groups in total. The number of fused-ring (bicyclic) bond motifs is 3. The summed E-state index contributed by atoms with van der Waals surface area (Å²) in [5, 5.41) is 8.14. The Morgan fingerprint density at radius 2 is 1.84 bits per heavy atom. The number of carbonyl (C=O) groups is 1. The first-order chi connectivity index (χ1) is 17.8. The zero-order valence-corrected chi connectivity index (χ0v) is 25.3. The molecule has 0 aliphatic heterocycles. The maximum atomic E-state index is 10.8. The molecular weight excluding hydrogens is 647 g/mol. The van der Waals surface area contributed by atoms with E-state index in [1.54, 1.807) is 13.0 Å². The molecule has 1 radical (unpaired) electrons. The molecule has 6 rings (SSSR count). The molecule has 2 aromatic heterocycles. The summed E-state index contributed by atoms with van der Waals surface area (Å²) in [5.74, 6) is 0.0945. The molecule has 2 aromatic carbocycles. The fourth-order valence-corrected chi connectivity index (χ4v) is 5.82. The number of allylic oxidation sites excluding steroid dienone is 2. The standard InChI is InChI=1S/C22H17N2.C11H19NO.Ir/c1-13-6-4-9-19-16(13)10-17-21(24-19)15-8-5-7-14-11-23-12-18(20(14)15)22(17,2)3;1-9(8-10(2)13)12-11-6-4-3-5-7-11;/h4-7,9-12H,1-3H3;8,11H,3-7H2,1-2H3,(H,12,13);/q-1;;/p-1. The van der Waals surface area contributed by atoms with E-state index in [0.717, 1.165) is 27.9 Å². The van der Waals surface area contributed by atoms with Crippen LogP contribution in [-0.4, -0.2) is 21.8 Å². The molecule has 2 aliphatic rings. The van der Waals surface area contributed by atoms with Crippen LogP contribution in [-0.2, 0) is 30.3 Å². The van der Waals surface area contributed by atoms with Crippen LogP contribution in [0.1, 0.15) is 76.5 Å². The predicted molar refractivity (Wildman–Crippen MR) is 153 cm³/mol. The molecule has 5 heteroatoms. The Morgan fingerprint density at radius 3 is 2.58 bits per heavy atom. The van der Waals surface area contributed by atoms with Crippen molar-refractivity contribution in [2.45, 2.75) is 78.2 Å². The molecule has 0 saturated heterocycles. The predicted octanol–water partition coefficient (Wildman–Crippen LogP) is 8.38. The Hall–Kier alpha value is -2.88. The Balaban J connectivity index is 0.000000207. The minimum atomic E-state index is -0.131. The Bertz CT molecular complexity index is 1510. The Labute approximate surface area is 239 Å². The van der Waals surface area contributed by atoms with Gasteiger partial charge in [-0.2, -0.15) is 5.70 Å². The van der Waals surface area contributed by atoms with Gasteiger partial charge in [-0.3, -0.25) is 14.8 Å². The Kier molecular flexibility index (Phi) is 8.49. The minimum absolute atomic E-state index is 0. The summed E-state index contributed by atoms with van der Waals surface area (Å²) < 4.78 is 0. The van der Waals surface area contributed by atoms with Crippen LogP contribution >= 0.6 is 0 Å². The molecule has 4 nitrogen and oxygen atoms in total. The third-order valence-electron chi connectivity index (χ3n) is 7.75. The number of pyridine rings is 2. The largest absolute Gasteiger partial charge is 0.685 e. The number of hydrogen-bond donors (Lipinski definition) is 0. The average molecular weight is 682 g/mol. The molecule has 0 spiro atoms. The molecule has 4 aromatic rings. The molecule has 0 unspecified atom stereocenters. The second-order valence-corrected chi connectivity index (χ2v) is 11.0. The topological polar surface area (TPSA) is 57.0 Å². The monoisotopic (exact) mass is 682 g/mol. The van der Waals surface area contributed by atoms with Crippen molar-refractivity contribution in [3.8, 4) is 11.3 Å². The van der Waals surface area contributed by atoms with E-state index in [1.807, 2.05) is 25.4 Å². The maximum Gasteiger partial charge on any atom is 0.151 e. The molecule has 2 heterocycles. The second-order valence-electron chi connectivity index (χ2n) is 11.0. The van der Waals surface area contributed by atoms with E-state index in [0.29, 0.717) is 6.04 Å². The van der Waals surface area contributed by atoms with Crippen molar-refractivity contribution in [1.82, 2.24) is 9.97 Å². The van der Waals surface area contributed by atoms with Crippen LogP contribution < -0.4 is 0 Å². The summed E-state index contributed by atoms with van der Waals surface area (Å²) in [4.78, 5) is 20.3. The summed E-state index contributed by atoms with van der Waals surface area (Å²) in [6.07, 6.45) is 11.9. The first kappa shape index (κ1) is 28.1. The molecule has 199 valence electrons. The van der Waals surface area contributed by atoms with Crippen LogP contribution in [0.15, 0.2) is 60.6 Å². The average Bonchev–Trinajstić information content (AvgIpc) is 2.87. The number of nitrogens with zero attached hydrogens (tertiary/aromatic N) is 3. The van der Waals surface area contributed by atoms with E-state index < -0.39 is 0 Å². The molecule has 0 bridgehead atoms. The van der Waals surface area contributed by atoms with Crippen LogP contribution in [0, 0.1) is 13.0 Å².